The molecular formula is C14H28O. The lowest BCUT2D eigenvalue weighted by Crippen LogP contribution is -2.52. The van der Waals surface area contributed by atoms with E-state index in [0.717, 1.165) is 5.92 Å². The van der Waals surface area contributed by atoms with E-state index in [9.17, 15) is 0 Å². The zero-order valence-electron chi connectivity index (χ0n) is 11.5. The van der Waals surface area contributed by atoms with Gasteiger partial charge in [0.2, 0.25) is 0 Å². The van der Waals surface area contributed by atoms with E-state index < -0.39 is 0 Å². The summed E-state index contributed by atoms with van der Waals surface area (Å²) in [4.78, 5) is 0. The minimum Gasteiger partial charge on any atom is -0.371 e. The zero-order valence-corrected chi connectivity index (χ0v) is 11.5. The average molecular weight is 212 g/mol. The molecule has 1 nitrogen and oxygen atoms in total. The molecule has 0 N–H and O–H groups in total. The molecule has 0 bridgehead atoms. The van der Waals surface area contributed by atoms with E-state index in [1.165, 1.54) is 6.42 Å². The Balaban J connectivity index is 2.84. The SMILES string of the molecule is CCC(C)C1OC(C)(C)C(C)C(C)C1C. The van der Waals surface area contributed by atoms with Crippen molar-refractivity contribution < 1.29 is 4.74 Å². The molecule has 0 aliphatic carbocycles. The molecule has 0 aromatic heterocycles. The highest BCUT2D eigenvalue weighted by molar-refractivity contribution is 4.92. The summed E-state index contributed by atoms with van der Waals surface area (Å²) in [5.41, 5.74) is 0.0417. The first kappa shape index (κ1) is 13.0. The molecule has 0 saturated carbocycles. The van der Waals surface area contributed by atoms with Crippen LogP contribution in [-0.2, 0) is 4.74 Å². The summed E-state index contributed by atoms with van der Waals surface area (Å²) >= 11 is 0. The molecule has 1 heterocycles. The van der Waals surface area contributed by atoms with Crippen molar-refractivity contribution >= 4 is 0 Å². The van der Waals surface area contributed by atoms with Crippen LogP contribution in [0.5, 0.6) is 0 Å². The standard InChI is InChI=1S/C14H28O/c1-8-9(2)13-11(4)10(3)12(5)14(6,7)15-13/h9-13H,8H2,1-7H3. The molecule has 1 aliphatic heterocycles. The summed E-state index contributed by atoms with van der Waals surface area (Å²) in [6, 6.07) is 0. The Hall–Kier alpha value is -0.0400. The zero-order chi connectivity index (χ0) is 11.8. The third-order valence-electron chi connectivity index (χ3n) is 4.88. The Kier molecular flexibility index (Phi) is 3.86. The second-order valence-electron chi connectivity index (χ2n) is 6.08. The van der Waals surface area contributed by atoms with E-state index >= 15 is 0 Å². The molecule has 5 unspecified atom stereocenters. The molecular weight excluding hydrogens is 184 g/mol. The van der Waals surface area contributed by atoms with Gasteiger partial charge in [-0.15, -0.1) is 0 Å². The Morgan fingerprint density at radius 1 is 1.13 bits per heavy atom. The van der Waals surface area contributed by atoms with Gasteiger partial charge in [-0.3, -0.25) is 0 Å². The van der Waals surface area contributed by atoms with Gasteiger partial charge in [0.05, 0.1) is 11.7 Å². The lowest BCUT2D eigenvalue weighted by molar-refractivity contribution is -0.198. The minimum atomic E-state index is 0.0417. The van der Waals surface area contributed by atoms with Crippen LogP contribution in [0.15, 0.2) is 0 Å². The lowest BCUT2D eigenvalue weighted by Gasteiger charge is -2.50. The maximum absolute atomic E-state index is 6.32. The maximum atomic E-state index is 6.32. The quantitative estimate of drug-likeness (QED) is 0.669. The molecule has 5 atom stereocenters. The number of rotatable bonds is 2. The summed E-state index contributed by atoms with van der Waals surface area (Å²) < 4.78 is 6.32. The molecule has 1 rings (SSSR count). The first-order valence-electron chi connectivity index (χ1n) is 6.49. The number of ether oxygens (including phenoxy) is 1. The van der Waals surface area contributed by atoms with Gasteiger partial charge in [-0.05, 0) is 37.5 Å². The van der Waals surface area contributed by atoms with Crippen molar-refractivity contribution in [1.82, 2.24) is 0 Å². The molecule has 1 fully saturated rings. The van der Waals surface area contributed by atoms with Crippen molar-refractivity contribution in [2.24, 2.45) is 23.7 Å². The van der Waals surface area contributed by atoms with Crippen LogP contribution in [-0.4, -0.2) is 11.7 Å². The normalized spacial score (nSPS) is 42.6. The fraction of sp³-hybridized carbons (Fsp3) is 1.00. The van der Waals surface area contributed by atoms with Gasteiger partial charge in [-0.2, -0.15) is 0 Å². The summed E-state index contributed by atoms with van der Waals surface area (Å²) in [6.45, 7) is 16.1. The highest BCUT2D eigenvalue weighted by atomic mass is 16.5. The van der Waals surface area contributed by atoms with Crippen molar-refractivity contribution in [1.29, 1.82) is 0 Å². The third-order valence-corrected chi connectivity index (χ3v) is 4.88. The van der Waals surface area contributed by atoms with Gasteiger partial charge in [0.15, 0.2) is 0 Å². The first-order chi connectivity index (χ1) is 6.81. The minimum absolute atomic E-state index is 0.0417. The van der Waals surface area contributed by atoms with Crippen LogP contribution in [0, 0.1) is 23.7 Å². The molecule has 1 heteroatoms. The van der Waals surface area contributed by atoms with Gasteiger partial charge in [0.1, 0.15) is 0 Å². The molecule has 0 spiro atoms. The van der Waals surface area contributed by atoms with E-state index in [1.807, 2.05) is 0 Å². The Morgan fingerprint density at radius 2 is 1.67 bits per heavy atom. The largest absolute Gasteiger partial charge is 0.371 e. The van der Waals surface area contributed by atoms with Gasteiger partial charge in [0, 0.05) is 0 Å². The van der Waals surface area contributed by atoms with Crippen molar-refractivity contribution in [3.05, 3.63) is 0 Å². The average Bonchev–Trinajstić information content (AvgIpc) is 2.19. The second kappa shape index (κ2) is 4.45. The maximum Gasteiger partial charge on any atom is 0.0658 e. The van der Waals surface area contributed by atoms with Gasteiger partial charge >= 0.3 is 0 Å². The Morgan fingerprint density at radius 3 is 2.13 bits per heavy atom. The fourth-order valence-corrected chi connectivity index (χ4v) is 2.82. The molecule has 0 aromatic carbocycles. The molecule has 1 aliphatic rings. The van der Waals surface area contributed by atoms with E-state index in [0.29, 0.717) is 23.9 Å². The number of hydrogen-bond acceptors (Lipinski definition) is 1. The summed E-state index contributed by atoms with van der Waals surface area (Å²) in [7, 11) is 0. The van der Waals surface area contributed by atoms with Crippen molar-refractivity contribution in [2.75, 3.05) is 0 Å². The van der Waals surface area contributed by atoms with Gasteiger partial charge in [-0.1, -0.05) is 41.0 Å². The highest BCUT2D eigenvalue weighted by Gasteiger charge is 2.44. The Bertz CT molecular complexity index is 209. The Labute approximate surface area is 95.6 Å². The topological polar surface area (TPSA) is 9.23 Å². The predicted octanol–water partition coefficient (Wildman–Crippen LogP) is 4.12. The summed E-state index contributed by atoms with van der Waals surface area (Å²) in [5, 5.41) is 0. The van der Waals surface area contributed by atoms with Gasteiger partial charge in [-0.25, -0.2) is 0 Å². The monoisotopic (exact) mass is 212 g/mol. The third kappa shape index (κ3) is 2.38. The molecule has 1 saturated heterocycles. The molecule has 15 heavy (non-hydrogen) atoms. The first-order valence-corrected chi connectivity index (χ1v) is 6.49. The van der Waals surface area contributed by atoms with E-state index in [4.69, 9.17) is 4.74 Å². The molecule has 0 aromatic rings. The smallest absolute Gasteiger partial charge is 0.0658 e. The van der Waals surface area contributed by atoms with E-state index in [1.54, 1.807) is 0 Å². The predicted molar refractivity (Wildman–Crippen MR) is 65.9 cm³/mol. The van der Waals surface area contributed by atoms with Gasteiger partial charge < -0.3 is 4.74 Å². The molecule has 0 radical (unpaired) electrons. The van der Waals surface area contributed by atoms with E-state index in [-0.39, 0.29) is 5.60 Å². The second-order valence-corrected chi connectivity index (χ2v) is 6.08. The van der Waals surface area contributed by atoms with E-state index in [2.05, 4.69) is 48.5 Å². The van der Waals surface area contributed by atoms with Crippen LogP contribution in [0.1, 0.15) is 54.9 Å². The molecule has 0 amide bonds. The van der Waals surface area contributed by atoms with Crippen molar-refractivity contribution in [3.8, 4) is 0 Å². The molecule has 90 valence electrons. The highest BCUT2D eigenvalue weighted by Crippen LogP contribution is 2.43. The van der Waals surface area contributed by atoms with Crippen LogP contribution in [0.2, 0.25) is 0 Å². The summed E-state index contributed by atoms with van der Waals surface area (Å²) in [5.74, 6) is 2.76. The van der Waals surface area contributed by atoms with Crippen LogP contribution in [0.4, 0.5) is 0 Å². The van der Waals surface area contributed by atoms with Crippen LogP contribution in [0.3, 0.4) is 0 Å². The van der Waals surface area contributed by atoms with Crippen LogP contribution < -0.4 is 0 Å². The van der Waals surface area contributed by atoms with Crippen molar-refractivity contribution in [2.45, 2.75) is 66.6 Å². The summed E-state index contributed by atoms with van der Waals surface area (Å²) in [6.07, 6.45) is 1.66. The number of hydrogen-bond donors (Lipinski definition) is 0. The van der Waals surface area contributed by atoms with Gasteiger partial charge in [0.25, 0.3) is 0 Å². The van der Waals surface area contributed by atoms with Crippen LogP contribution >= 0.6 is 0 Å². The van der Waals surface area contributed by atoms with Crippen molar-refractivity contribution in [3.63, 3.8) is 0 Å². The lowest BCUT2D eigenvalue weighted by atomic mass is 9.69. The fourth-order valence-electron chi connectivity index (χ4n) is 2.82. The van der Waals surface area contributed by atoms with Crippen LogP contribution in [0.25, 0.3) is 0 Å².